The normalized spacial score (nSPS) is 19.2. The molecule has 1 N–H and O–H groups in total. The summed E-state index contributed by atoms with van der Waals surface area (Å²) in [6.07, 6.45) is 0. The molecule has 26 heavy (non-hydrogen) atoms. The molecule has 6 nitrogen and oxygen atoms in total. The molecule has 0 aromatic heterocycles. The molecule has 1 fully saturated rings. The molecule has 3 amide bonds. The van der Waals surface area contributed by atoms with E-state index < -0.39 is 23.3 Å². The lowest BCUT2D eigenvalue weighted by molar-refractivity contribution is -0.131. The van der Waals surface area contributed by atoms with Crippen LogP contribution in [-0.4, -0.2) is 30.0 Å². The van der Waals surface area contributed by atoms with E-state index >= 15 is 0 Å². The van der Waals surface area contributed by atoms with Gasteiger partial charge in [-0.2, -0.15) is 5.26 Å². The fourth-order valence-electron chi connectivity index (χ4n) is 2.79. The number of urea groups is 1. The topological polar surface area (TPSA) is 82.4 Å². The first-order valence-corrected chi connectivity index (χ1v) is 7.97. The number of nitrogens with one attached hydrogen (secondary N) is 1. The Bertz CT molecular complexity index is 892. The van der Waals surface area contributed by atoms with Crippen LogP contribution in [0.2, 0.25) is 0 Å². The zero-order valence-electron chi connectivity index (χ0n) is 14.0. The fourth-order valence-corrected chi connectivity index (χ4v) is 2.79. The van der Waals surface area contributed by atoms with Crippen LogP contribution in [0.5, 0.6) is 5.75 Å². The number of hydrogen-bond acceptors (Lipinski definition) is 4. The molecule has 0 radical (unpaired) electrons. The molecular formula is C19H16FN3O3. The van der Waals surface area contributed by atoms with Crippen molar-refractivity contribution in [3.8, 4) is 11.8 Å². The van der Waals surface area contributed by atoms with Crippen LogP contribution in [0.25, 0.3) is 0 Å². The van der Waals surface area contributed by atoms with Crippen LogP contribution in [-0.2, 0) is 10.3 Å². The molecule has 132 valence electrons. The molecule has 2 aromatic rings. The van der Waals surface area contributed by atoms with E-state index in [-0.39, 0.29) is 13.2 Å². The van der Waals surface area contributed by atoms with Gasteiger partial charge in [-0.25, -0.2) is 9.18 Å². The van der Waals surface area contributed by atoms with Crippen LogP contribution in [0.15, 0.2) is 48.5 Å². The molecule has 2 aromatic carbocycles. The first kappa shape index (κ1) is 17.4. The Morgan fingerprint density at radius 1 is 1.23 bits per heavy atom. The number of carbonyl (C=O) groups is 2. The van der Waals surface area contributed by atoms with Crippen LogP contribution in [0.3, 0.4) is 0 Å². The maximum atomic E-state index is 13.1. The highest BCUT2D eigenvalue weighted by molar-refractivity contribution is 6.07. The number of amides is 3. The van der Waals surface area contributed by atoms with Gasteiger partial charge in [0.2, 0.25) is 0 Å². The highest BCUT2D eigenvalue weighted by Crippen LogP contribution is 2.28. The molecule has 1 saturated heterocycles. The number of benzene rings is 2. The van der Waals surface area contributed by atoms with Gasteiger partial charge in [0.15, 0.2) is 0 Å². The zero-order valence-corrected chi connectivity index (χ0v) is 14.0. The van der Waals surface area contributed by atoms with Crippen LogP contribution < -0.4 is 10.1 Å². The van der Waals surface area contributed by atoms with E-state index in [4.69, 9.17) is 10.00 Å². The van der Waals surface area contributed by atoms with Gasteiger partial charge in [0.1, 0.15) is 23.7 Å². The first-order valence-electron chi connectivity index (χ1n) is 7.97. The second-order valence-electron chi connectivity index (χ2n) is 6.01. The number of imide groups is 1. The number of ether oxygens (including phenoxy) is 1. The third-order valence-corrected chi connectivity index (χ3v) is 4.24. The van der Waals surface area contributed by atoms with Crippen molar-refractivity contribution in [1.29, 1.82) is 5.26 Å². The summed E-state index contributed by atoms with van der Waals surface area (Å²) in [5.41, 5.74) is -0.283. The summed E-state index contributed by atoms with van der Waals surface area (Å²) in [6, 6.07) is 13.5. The van der Waals surface area contributed by atoms with Crippen LogP contribution >= 0.6 is 0 Å². The van der Waals surface area contributed by atoms with E-state index in [1.807, 2.05) is 6.07 Å². The lowest BCUT2D eigenvalue weighted by Crippen LogP contribution is -2.41. The summed E-state index contributed by atoms with van der Waals surface area (Å²) in [5, 5.41) is 11.5. The van der Waals surface area contributed by atoms with Crippen LogP contribution in [0, 0.1) is 17.1 Å². The third kappa shape index (κ3) is 3.22. The number of halogens is 1. The Hall–Kier alpha value is -3.40. The maximum Gasteiger partial charge on any atom is 0.325 e. The van der Waals surface area contributed by atoms with Crippen molar-refractivity contribution < 1.29 is 18.7 Å². The molecule has 3 rings (SSSR count). The molecule has 0 spiro atoms. The summed E-state index contributed by atoms with van der Waals surface area (Å²) in [4.78, 5) is 26.0. The van der Waals surface area contributed by atoms with E-state index in [0.717, 1.165) is 4.90 Å². The summed E-state index contributed by atoms with van der Waals surface area (Å²) >= 11 is 0. The Labute approximate surface area is 149 Å². The van der Waals surface area contributed by atoms with Gasteiger partial charge in [-0.05, 0) is 42.8 Å². The largest absolute Gasteiger partial charge is 0.492 e. The molecule has 0 aliphatic carbocycles. The molecule has 1 aliphatic rings. The maximum absolute atomic E-state index is 13.1. The van der Waals surface area contributed by atoms with Gasteiger partial charge in [0, 0.05) is 0 Å². The van der Waals surface area contributed by atoms with Crippen molar-refractivity contribution in [2.24, 2.45) is 0 Å². The average Bonchev–Trinajstić information content (AvgIpc) is 2.86. The number of hydrogen-bond donors (Lipinski definition) is 1. The summed E-state index contributed by atoms with van der Waals surface area (Å²) in [7, 11) is 0. The van der Waals surface area contributed by atoms with Crippen molar-refractivity contribution in [1.82, 2.24) is 10.2 Å². The van der Waals surface area contributed by atoms with Gasteiger partial charge >= 0.3 is 6.03 Å². The van der Waals surface area contributed by atoms with Gasteiger partial charge in [-0.1, -0.05) is 18.2 Å². The number of rotatable bonds is 5. The van der Waals surface area contributed by atoms with Crippen LogP contribution in [0.4, 0.5) is 9.18 Å². The highest BCUT2D eigenvalue weighted by Gasteiger charge is 2.48. The van der Waals surface area contributed by atoms with Gasteiger partial charge in [0.05, 0.1) is 18.2 Å². The van der Waals surface area contributed by atoms with Gasteiger partial charge in [-0.3, -0.25) is 9.69 Å². The molecule has 1 unspecified atom stereocenters. The molecule has 7 heteroatoms. The van der Waals surface area contributed by atoms with Crippen molar-refractivity contribution in [2.75, 3.05) is 13.2 Å². The quantitative estimate of drug-likeness (QED) is 0.838. The Morgan fingerprint density at radius 2 is 1.96 bits per heavy atom. The molecular weight excluding hydrogens is 337 g/mol. The molecule has 1 aliphatic heterocycles. The summed E-state index contributed by atoms with van der Waals surface area (Å²) in [6.45, 7) is 1.73. The first-order chi connectivity index (χ1) is 12.4. The Kier molecular flexibility index (Phi) is 4.59. The highest BCUT2D eigenvalue weighted by atomic mass is 19.1. The van der Waals surface area contributed by atoms with Crippen LogP contribution in [0.1, 0.15) is 18.1 Å². The number of carbonyl (C=O) groups excluding carboxylic acids is 2. The van der Waals surface area contributed by atoms with Crippen molar-refractivity contribution >= 4 is 11.9 Å². The monoisotopic (exact) mass is 353 g/mol. The molecule has 0 saturated carbocycles. The molecule has 0 bridgehead atoms. The Balaban J connectivity index is 1.67. The van der Waals surface area contributed by atoms with E-state index in [1.165, 1.54) is 24.3 Å². The molecule has 1 heterocycles. The van der Waals surface area contributed by atoms with Gasteiger partial charge in [0.25, 0.3) is 5.91 Å². The van der Waals surface area contributed by atoms with E-state index in [1.54, 1.807) is 31.2 Å². The number of nitriles is 1. The fraction of sp³-hybridized carbons (Fsp3) is 0.211. The molecule has 1 atom stereocenters. The summed E-state index contributed by atoms with van der Waals surface area (Å²) < 4.78 is 18.6. The van der Waals surface area contributed by atoms with E-state index in [9.17, 15) is 14.0 Å². The second-order valence-corrected chi connectivity index (χ2v) is 6.01. The minimum Gasteiger partial charge on any atom is -0.492 e. The minimum absolute atomic E-state index is 0.0538. The predicted octanol–water partition coefficient (Wildman–Crippen LogP) is 2.54. The third-order valence-electron chi connectivity index (χ3n) is 4.24. The van der Waals surface area contributed by atoms with Crippen molar-refractivity contribution in [3.63, 3.8) is 0 Å². The lowest BCUT2D eigenvalue weighted by Gasteiger charge is -2.22. The van der Waals surface area contributed by atoms with Crippen molar-refractivity contribution in [2.45, 2.75) is 12.5 Å². The smallest absolute Gasteiger partial charge is 0.325 e. The van der Waals surface area contributed by atoms with E-state index in [2.05, 4.69) is 5.32 Å². The standard InChI is InChI=1S/C19H16FN3O3/c1-19(14-5-7-15(20)8-6-14)17(24)23(18(25)22-19)9-10-26-16-4-2-3-13(11-16)12-21/h2-8,11H,9-10H2,1H3,(H,22,25). The zero-order chi connectivity index (χ0) is 18.7. The lowest BCUT2D eigenvalue weighted by atomic mass is 9.92. The summed E-state index contributed by atoms with van der Waals surface area (Å²) in [5.74, 6) is -0.361. The Morgan fingerprint density at radius 3 is 2.65 bits per heavy atom. The second kappa shape index (κ2) is 6.84. The minimum atomic E-state index is -1.24. The number of nitrogens with zero attached hydrogens (tertiary/aromatic N) is 2. The van der Waals surface area contributed by atoms with Gasteiger partial charge in [-0.15, -0.1) is 0 Å². The van der Waals surface area contributed by atoms with E-state index in [0.29, 0.717) is 16.9 Å². The predicted molar refractivity (Wildman–Crippen MR) is 90.6 cm³/mol. The SMILES string of the molecule is CC1(c2ccc(F)cc2)NC(=O)N(CCOc2cccc(C#N)c2)C1=O. The van der Waals surface area contributed by atoms with Gasteiger partial charge < -0.3 is 10.1 Å². The average molecular weight is 353 g/mol. The van der Waals surface area contributed by atoms with Crippen molar-refractivity contribution in [3.05, 3.63) is 65.5 Å².